The molecule has 0 aliphatic rings. The fourth-order valence-electron chi connectivity index (χ4n) is 1.14. The molecule has 6 heteroatoms. The minimum absolute atomic E-state index is 0.0147. The van der Waals surface area contributed by atoms with Crippen molar-refractivity contribution in [3.05, 3.63) is 24.3 Å². The summed E-state index contributed by atoms with van der Waals surface area (Å²) in [7, 11) is 0. The molecule has 0 saturated carbocycles. The van der Waals surface area contributed by atoms with Crippen LogP contribution in [0.25, 0.3) is 0 Å². The first-order valence-corrected chi connectivity index (χ1v) is 5.59. The van der Waals surface area contributed by atoms with Crippen LogP contribution in [0.5, 0.6) is 11.5 Å². The Balaban J connectivity index is 2.46. The average Bonchev–Trinajstić information content (AvgIpc) is 2.42. The Morgan fingerprint density at radius 2 is 1.33 bits per heavy atom. The molecule has 1 aromatic rings. The Labute approximate surface area is 105 Å². The predicted molar refractivity (Wildman–Crippen MR) is 63.6 cm³/mol. The van der Waals surface area contributed by atoms with Gasteiger partial charge in [-0.2, -0.15) is 0 Å². The van der Waals surface area contributed by atoms with Gasteiger partial charge in [-0.1, -0.05) is 6.07 Å². The summed E-state index contributed by atoms with van der Waals surface area (Å²) in [5.41, 5.74) is 0. The lowest BCUT2D eigenvalue weighted by molar-refractivity contribution is 0.0512. The van der Waals surface area contributed by atoms with Crippen LogP contribution >= 0.6 is 0 Å². The number of aliphatic hydroxyl groups is 4. The van der Waals surface area contributed by atoms with Gasteiger partial charge in [-0.3, -0.25) is 0 Å². The molecule has 0 saturated heterocycles. The molecule has 2 atom stereocenters. The van der Waals surface area contributed by atoms with Crippen LogP contribution in [0.2, 0.25) is 0 Å². The van der Waals surface area contributed by atoms with Gasteiger partial charge in [-0.25, -0.2) is 0 Å². The number of benzene rings is 1. The van der Waals surface area contributed by atoms with Crippen LogP contribution in [0.3, 0.4) is 0 Å². The third-order valence-electron chi connectivity index (χ3n) is 2.11. The van der Waals surface area contributed by atoms with E-state index in [4.69, 9.17) is 29.9 Å². The summed E-state index contributed by atoms with van der Waals surface area (Å²) in [6.07, 6.45) is -1.85. The first-order chi connectivity index (χ1) is 8.65. The summed E-state index contributed by atoms with van der Waals surface area (Å²) in [6.45, 7) is -0.754. The van der Waals surface area contributed by atoms with Crippen molar-refractivity contribution in [3.8, 4) is 11.5 Å². The third kappa shape index (κ3) is 5.33. The van der Waals surface area contributed by atoms with Crippen molar-refractivity contribution in [2.75, 3.05) is 26.4 Å². The highest BCUT2D eigenvalue weighted by molar-refractivity contribution is 5.32. The molecule has 0 heterocycles. The molecule has 18 heavy (non-hydrogen) atoms. The lowest BCUT2D eigenvalue weighted by Gasteiger charge is -2.12. The fraction of sp³-hybridized carbons (Fsp3) is 0.500. The molecule has 0 aliphatic heterocycles. The van der Waals surface area contributed by atoms with E-state index in [1.807, 2.05) is 0 Å². The molecule has 0 spiro atoms. The second-order valence-corrected chi connectivity index (χ2v) is 3.77. The standard InChI is InChI=1S/C12H18O6/c13-5-9(15)7-17-11-2-1-3-12(4-11)18-8-10(16)6-14/h1-4,9-10,13-16H,5-8H2. The maximum Gasteiger partial charge on any atom is 0.123 e. The highest BCUT2D eigenvalue weighted by atomic mass is 16.5. The zero-order valence-electron chi connectivity index (χ0n) is 9.90. The van der Waals surface area contributed by atoms with E-state index in [2.05, 4.69) is 0 Å². The highest BCUT2D eigenvalue weighted by Gasteiger charge is 2.05. The third-order valence-corrected chi connectivity index (χ3v) is 2.11. The summed E-state index contributed by atoms with van der Waals surface area (Å²) < 4.78 is 10.5. The van der Waals surface area contributed by atoms with Gasteiger partial charge in [0.1, 0.15) is 36.9 Å². The van der Waals surface area contributed by atoms with Crippen LogP contribution < -0.4 is 9.47 Å². The molecule has 6 nitrogen and oxygen atoms in total. The van der Waals surface area contributed by atoms with Crippen molar-refractivity contribution in [2.45, 2.75) is 12.2 Å². The van der Waals surface area contributed by atoms with Crippen molar-refractivity contribution in [2.24, 2.45) is 0 Å². The van der Waals surface area contributed by atoms with E-state index in [0.717, 1.165) is 0 Å². The molecule has 102 valence electrons. The van der Waals surface area contributed by atoms with Crippen LogP contribution in [-0.2, 0) is 0 Å². The molecule has 0 bridgehead atoms. The van der Waals surface area contributed by atoms with Gasteiger partial charge < -0.3 is 29.9 Å². The quantitative estimate of drug-likeness (QED) is 0.485. The second kappa shape index (κ2) is 7.88. The number of hydrogen-bond donors (Lipinski definition) is 4. The van der Waals surface area contributed by atoms with Crippen molar-refractivity contribution in [3.63, 3.8) is 0 Å². The highest BCUT2D eigenvalue weighted by Crippen LogP contribution is 2.19. The summed E-state index contributed by atoms with van der Waals surface area (Å²) >= 11 is 0. The van der Waals surface area contributed by atoms with Gasteiger partial charge in [0.15, 0.2) is 0 Å². The molecule has 0 fully saturated rings. The Bertz CT molecular complexity index is 314. The number of aliphatic hydroxyl groups excluding tert-OH is 4. The Morgan fingerprint density at radius 3 is 1.72 bits per heavy atom. The van der Waals surface area contributed by atoms with Gasteiger partial charge >= 0.3 is 0 Å². The lowest BCUT2D eigenvalue weighted by atomic mass is 10.3. The van der Waals surface area contributed by atoms with Gasteiger partial charge in [-0.05, 0) is 12.1 Å². The Hall–Kier alpha value is -1.34. The number of hydrogen-bond acceptors (Lipinski definition) is 6. The Kier molecular flexibility index (Phi) is 6.45. The van der Waals surface area contributed by atoms with Crippen molar-refractivity contribution in [1.82, 2.24) is 0 Å². The smallest absolute Gasteiger partial charge is 0.123 e. The van der Waals surface area contributed by atoms with Gasteiger partial charge in [0.2, 0.25) is 0 Å². The molecular weight excluding hydrogens is 240 g/mol. The monoisotopic (exact) mass is 258 g/mol. The largest absolute Gasteiger partial charge is 0.491 e. The molecular formula is C12H18O6. The molecule has 2 unspecified atom stereocenters. The van der Waals surface area contributed by atoms with E-state index in [1.165, 1.54) is 0 Å². The van der Waals surface area contributed by atoms with E-state index in [1.54, 1.807) is 24.3 Å². The van der Waals surface area contributed by atoms with Crippen molar-refractivity contribution < 1.29 is 29.9 Å². The zero-order chi connectivity index (χ0) is 13.4. The first-order valence-electron chi connectivity index (χ1n) is 5.59. The predicted octanol–water partition coefficient (Wildman–Crippen LogP) is -0.849. The van der Waals surface area contributed by atoms with Crippen LogP contribution in [0, 0.1) is 0 Å². The SMILES string of the molecule is OCC(O)COc1cccc(OCC(O)CO)c1. The summed E-state index contributed by atoms with van der Waals surface area (Å²) in [4.78, 5) is 0. The number of ether oxygens (including phenoxy) is 2. The minimum Gasteiger partial charge on any atom is -0.491 e. The average molecular weight is 258 g/mol. The minimum atomic E-state index is -0.925. The maximum absolute atomic E-state index is 9.13. The van der Waals surface area contributed by atoms with E-state index < -0.39 is 12.2 Å². The molecule has 1 rings (SSSR count). The van der Waals surface area contributed by atoms with Crippen LogP contribution in [0.1, 0.15) is 0 Å². The summed E-state index contributed by atoms with van der Waals surface area (Å²) in [5, 5.41) is 35.5. The van der Waals surface area contributed by atoms with Gasteiger partial charge in [0.25, 0.3) is 0 Å². The summed E-state index contributed by atoms with van der Waals surface area (Å²) in [5.74, 6) is 0.969. The molecule has 4 N–H and O–H groups in total. The second-order valence-electron chi connectivity index (χ2n) is 3.77. The molecule has 0 radical (unpaired) electrons. The van der Waals surface area contributed by atoms with E-state index in [-0.39, 0.29) is 26.4 Å². The first kappa shape index (κ1) is 14.7. The van der Waals surface area contributed by atoms with E-state index in [9.17, 15) is 0 Å². The van der Waals surface area contributed by atoms with Gasteiger partial charge in [0, 0.05) is 6.07 Å². The topological polar surface area (TPSA) is 99.4 Å². The van der Waals surface area contributed by atoms with E-state index >= 15 is 0 Å². The normalized spacial score (nSPS) is 14.0. The molecule has 0 aliphatic carbocycles. The molecule has 0 amide bonds. The van der Waals surface area contributed by atoms with Crippen molar-refractivity contribution >= 4 is 0 Å². The maximum atomic E-state index is 9.13. The lowest BCUT2D eigenvalue weighted by Crippen LogP contribution is -2.22. The fourth-order valence-corrected chi connectivity index (χ4v) is 1.14. The van der Waals surface area contributed by atoms with Crippen LogP contribution in [0.4, 0.5) is 0 Å². The van der Waals surface area contributed by atoms with Crippen LogP contribution in [-0.4, -0.2) is 59.1 Å². The zero-order valence-corrected chi connectivity index (χ0v) is 9.90. The molecule has 0 aromatic heterocycles. The molecule has 1 aromatic carbocycles. The van der Waals surface area contributed by atoms with Crippen LogP contribution in [0.15, 0.2) is 24.3 Å². The Morgan fingerprint density at radius 1 is 0.889 bits per heavy atom. The summed E-state index contributed by atoms with van der Waals surface area (Å²) in [6, 6.07) is 6.65. The van der Waals surface area contributed by atoms with Gasteiger partial charge in [0.05, 0.1) is 13.2 Å². The van der Waals surface area contributed by atoms with Crippen molar-refractivity contribution in [1.29, 1.82) is 0 Å². The number of rotatable bonds is 8. The van der Waals surface area contributed by atoms with E-state index in [0.29, 0.717) is 11.5 Å². The van der Waals surface area contributed by atoms with Gasteiger partial charge in [-0.15, -0.1) is 0 Å².